The lowest BCUT2D eigenvalue weighted by Gasteiger charge is -2.37. The Hall–Kier alpha value is -3.34. The minimum Gasteiger partial charge on any atom is -0.333 e. The number of benzene rings is 2. The maximum Gasteiger partial charge on any atom is 0.242 e. The molecule has 8 nitrogen and oxygen atoms in total. The van der Waals surface area contributed by atoms with Crippen molar-refractivity contribution in [3.05, 3.63) is 86.4 Å². The zero-order chi connectivity index (χ0) is 28.6. The van der Waals surface area contributed by atoms with Gasteiger partial charge in [0.05, 0.1) is 36.9 Å². The Labute approximate surface area is 245 Å². The highest BCUT2D eigenvalue weighted by atomic mass is 35.5. The summed E-state index contributed by atoms with van der Waals surface area (Å²) in [5.74, 6) is -0.629. The van der Waals surface area contributed by atoms with Crippen molar-refractivity contribution in [2.45, 2.75) is 39.3 Å². The summed E-state index contributed by atoms with van der Waals surface area (Å²) >= 11 is 13.6. The van der Waals surface area contributed by atoms with E-state index in [2.05, 4.69) is 10.3 Å². The van der Waals surface area contributed by atoms with Crippen molar-refractivity contribution in [3.63, 3.8) is 0 Å². The fraction of sp³-hybridized carbons (Fsp3) is 0.321. The largest absolute Gasteiger partial charge is 0.333 e. The van der Waals surface area contributed by atoms with Gasteiger partial charge in [-0.15, -0.1) is 16.4 Å². The molecule has 208 valence electrons. The number of aromatic nitrogens is 4. The SMILES string of the molecule is Cc1cc(F)ccc1-c1nc(C(C)(C)C(=O)N2CCN(Cc3cn(Cc4ccc(Cl)cc4Cl)nn3)C(=O)C2)cs1. The number of carbonyl (C=O) groups excluding carboxylic acids is 2. The van der Waals surface area contributed by atoms with E-state index < -0.39 is 5.41 Å². The molecular weight excluding hydrogens is 574 g/mol. The second kappa shape index (κ2) is 11.3. The van der Waals surface area contributed by atoms with Gasteiger partial charge in [-0.3, -0.25) is 9.59 Å². The Morgan fingerprint density at radius 3 is 2.65 bits per heavy atom. The topological polar surface area (TPSA) is 84.2 Å². The van der Waals surface area contributed by atoms with E-state index in [1.165, 1.54) is 23.5 Å². The van der Waals surface area contributed by atoms with E-state index in [9.17, 15) is 14.0 Å². The molecule has 2 aromatic carbocycles. The molecule has 0 aliphatic carbocycles. The molecule has 0 spiro atoms. The van der Waals surface area contributed by atoms with E-state index in [4.69, 9.17) is 28.2 Å². The lowest BCUT2D eigenvalue weighted by atomic mass is 9.88. The van der Waals surface area contributed by atoms with Gasteiger partial charge in [0.2, 0.25) is 11.8 Å². The number of amides is 2. The molecule has 1 aliphatic heterocycles. The molecule has 3 heterocycles. The van der Waals surface area contributed by atoms with Crippen LogP contribution in [0.1, 0.15) is 36.4 Å². The number of rotatable bonds is 7. The Bertz CT molecular complexity index is 1590. The van der Waals surface area contributed by atoms with Crippen LogP contribution in [-0.2, 0) is 28.1 Å². The van der Waals surface area contributed by atoms with Crippen LogP contribution < -0.4 is 0 Å². The molecule has 12 heteroatoms. The molecule has 0 atom stereocenters. The van der Waals surface area contributed by atoms with Crippen LogP contribution in [0.2, 0.25) is 10.0 Å². The molecule has 1 saturated heterocycles. The minimum absolute atomic E-state index is 0.0230. The van der Waals surface area contributed by atoms with Crippen LogP contribution in [0, 0.1) is 12.7 Å². The molecule has 5 rings (SSSR count). The third-order valence-electron chi connectivity index (χ3n) is 6.99. The summed E-state index contributed by atoms with van der Waals surface area (Å²) in [7, 11) is 0. The van der Waals surface area contributed by atoms with Gasteiger partial charge in [0.15, 0.2) is 0 Å². The lowest BCUT2D eigenvalue weighted by Crippen LogP contribution is -2.55. The number of nitrogens with zero attached hydrogens (tertiary/aromatic N) is 6. The molecule has 1 aliphatic rings. The first kappa shape index (κ1) is 28.2. The number of hydrogen-bond donors (Lipinski definition) is 0. The molecule has 2 amide bonds. The van der Waals surface area contributed by atoms with Crippen molar-refractivity contribution >= 4 is 46.4 Å². The monoisotopic (exact) mass is 600 g/mol. The zero-order valence-electron chi connectivity index (χ0n) is 22.2. The quantitative estimate of drug-likeness (QED) is 0.285. The van der Waals surface area contributed by atoms with Crippen LogP contribution in [0.15, 0.2) is 48.0 Å². The number of carbonyl (C=O) groups is 2. The average Bonchev–Trinajstić information content (AvgIpc) is 3.57. The third-order valence-corrected chi connectivity index (χ3v) is 8.45. The van der Waals surface area contributed by atoms with E-state index >= 15 is 0 Å². The molecule has 0 radical (unpaired) electrons. The number of piperazine rings is 1. The summed E-state index contributed by atoms with van der Waals surface area (Å²) < 4.78 is 15.2. The van der Waals surface area contributed by atoms with Crippen molar-refractivity contribution in [1.82, 2.24) is 29.8 Å². The van der Waals surface area contributed by atoms with E-state index in [1.807, 2.05) is 32.2 Å². The van der Waals surface area contributed by atoms with Gasteiger partial charge in [0, 0.05) is 34.1 Å². The normalized spacial score (nSPS) is 14.2. The maximum atomic E-state index is 13.5. The molecule has 40 heavy (non-hydrogen) atoms. The second-order valence-electron chi connectivity index (χ2n) is 10.3. The number of thiazole rings is 1. The first-order valence-electron chi connectivity index (χ1n) is 12.6. The summed E-state index contributed by atoms with van der Waals surface area (Å²) in [5.41, 5.74) is 2.79. The van der Waals surface area contributed by atoms with E-state index in [0.717, 1.165) is 21.7 Å². The highest BCUT2D eigenvalue weighted by Crippen LogP contribution is 2.33. The summed E-state index contributed by atoms with van der Waals surface area (Å²) in [5, 5.41) is 12.0. The standard InChI is InChI=1S/C28H27Cl2FN6O2S/c1-17-10-20(31)6-7-22(17)26-32-24(16-40-26)28(2,3)27(39)36-9-8-35(25(38)15-36)13-21-14-37(34-33-21)12-18-4-5-19(29)11-23(18)30/h4-7,10-11,14,16H,8-9,12-13,15H2,1-3H3. The molecule has 0 unspecified atom stereocenters. The van der Waals surface area contributed by atoms with Gasteiger partial charge in [0.25, 0.3) is 0 Å². The third kappa shape index (κ3) is 5.89. The van der Waals surface area contributed by atoms with Crippen LogP contribution in [0.5, 0.6) is 0 Å². The van der Waals surface area contributed by atoms with Crippen LogP contribution in [0.25, 0.3) is 10.6 Å². The highest BCUT2D eigenvalue weighted by molar-refractivity contribution is 7.13. The molecule has 0 bridgehead atoms. The second-order valence-corrected chi connectivity index (χ2v) is 12.0. The highest BCUT2D eigenvalue weighted by Gasteiger charge is 2.39. The van der Waals surface area contributed by atoms with Gasteiger partial charge in [-0.25, -0.2) is 14.1 Å². The van der Waals surface area contributed by atoms with Gasteiger partial charge >= 0.3 is 0 Å². The number of halogens is 3. The molecular formula is C28H27Cl2FN6O2S. The summed E-state index contributed by atoms with van der Waals surface area (Å²) in [6.45, 7) is 6.94. The Morgan fingerprint density at radius 2 is 1.93 bits per heavy atom. The Balaban J connectivity index is 1.21. The van der Waals surface area contributed by atoms with Gasteiger partial charge in [-0.1, -0.05) is 34.5 Å². The number of hydrogen-bond acceptors (Lipinski definition) is 6. The van der Waals surface area contributed by atoms with Crippen molar-refractivity contribution in [2.24, 2.45) is 0 Å². The van der Waals surface area contributed by atoms with Crippen LogP contribution in [0.4, 0.5) is 4.39 Å². The van der Waals surface area contributed by atoms with Gasteiger partial charge in [-0.2, -0.15) is 0 Å². The van der Waals surface area contributed by atoms with Gasteiger partial charge in [0.1, 0.15) is 16.5 Å². The van der Waals surface area contributed by atoms with Crippen LogP contribution in [0.3, 0.4) is 0 Å². The summed E-state index contributed by atoms with van der Waals surface area (Å²) in [6, 6.07) is 9.85. The first-order chi connectivity index (χ1) is 19.0. The molecule has 1 fully saturated rings. The minimum atomic E-state index is -0.934. The van der Waals surface area contributed by atoms with Gasteiger partial charge < -0.3 is 9.80 Å². The van der Waals surface area contributed by atoms with E-state index in [0.29, 0.717) is 47.6 Å². The predicted octanol–water partition coefficient (Wildman–Crippen LogP) is 5.35. The van der Waals surface area contributed by atoms with Crippen molar-refractivity contribution < 1.29 is 14.0 Å². The summed E-state index contributed by atoms with van der Waals surface area (Å²) in [4.78, 5) is 34.5. The van der Waals surface area contributed by atoms with Crippen molar-refractivity contribution in [1.29, 1.82) is 0 Å². The Kier molecular flexibility index (Phi) is 7.94. The Morgan fingerprint density at radius 1 is 1.12 bits per heavy atom. The van der Waals surface area contributed by atoms with Gasteiger partial charge in [-0.05, 0) is 62.2 Å². The molecule has 0 N–H and O–H groups in total. The zero-order valence-corrected chi connectivity index (χ0v) is 24.5. The fourth-order valence-electron chi connectivity index (χ4n) is 4.61. The first-order valence-corrected chi connectivity index (χ1v) is 14.3. The average molecular weight is 602 g/mol. The van der Waals surface area contributed by atoms with E-state index in [-0.39, 0.29) is 24.2 Å². The molecule has 0 saturated carbocycles. The summed E-state index contributed by atoms with van der Waals surface area (Å²) in [6.07, 6.45) is 1.78. The molecule has 2 aromatic heterocycles. The van der Waals surface area contributed by atoms with E-state index in [1.54, 1.807) is 38.9 Å². The smallest absolute Gasteiger partial charge is 0.242 e. The number of aryl methyl sites for hydroxylation is 1. The maximum absolute atomic E-state index is 13.5. The van der Waals surface area contributed by atoms with Crippen LogP contribution >= 0.6 is 34.5 Å². The van der Waals surface area contributed by atoms with Crippen molar-refractivity contribution in [3.8, 4) is 10.6 Å². The predicted molar refractivity (Wildman–Crippen MR) is 153 cm³/mol. The fourth-order valence-corrected chi connectivity index (χ4v) is 6.16. The lowest BCUT2D eigenvalue weighted by molar-refractivity contribution is -0.148. The molecule has 4 aromatic rings. The van der Waals surface area contributed by atoms with Crippen molar-refractivity contribution in [2.75, 3.05) is 19.6 Å². The van der Waals surface area contributed by atoms with Crippen LogP contribution in [-0.4, -0.2) is 61.2 Å².